The predicted octanol–water partition coefficient (Wildman–Crippen LogP) is 4.50. The van der Waals surface area contributed by atoms with Crippen molar-refractivity contribution < 1.29 is 18.3 Å². The minimum absolute atomic E-state index is 0.343. The molecule has 2 aromatic carbocycles. The fourth-order valence-electron chi connectivity index (χ4n) is 1.39. The first-order chi connectivity index (χ1) is 9.09. The molecular formula is C13H12ClO4P. The molecule has 0 heterocycles. The third-order valence-corrected chi connectivity index (χ3v) is 3.50. The van der Waals surface area contributed by atoms with E-state index in [4.69, 9.17) is 25.0 Å². The number of halogens is 1. The molecule has 0 radical (unpaired) electrons. The van der Waals surface area contributed by atoms with Crippen LogP contribution < -0.4 is 13.8 Å². The third kappa shape index (κ3) is 4.19. The molecule has 0 saturated heterocycles. The van der Waals surface area contributed by atoms with Gasteiger partial charge < -0.3 is 13.8 Å². The van der Waals surface area contributed by atoms with Crippen LogP contribution in [0.5, 0.6) is 17.2 Å². The summed E-state index contributed by atoms with van der Waals surface area (Å²) in [6.07, 6.45) is 0. The zero-order valence-corrected chi connectivity index (χ0v) is 11.8. The fourth-order valence-corrected chi connectivity index (χ4v) is 2.65. The molecule has 1 atom stereocenters. The number of rotatable bonds is 5. The molecule has 2 rings (SSSR count). The normalized spacial score (nSPS) is 13.4. The lowest BCUT2D eigenvalue weighted by Gasteiger charge is -2.13. The standard InChI is InChI=1S/C13H12ClO4P/c1-16-11-7-9-13(10-8-11)18-19(14,15)17-12-5-3-2-4-6-12/h2-10H,1H3. The largest absolute Gasteiger partial charge is 0.530 e. The Morgan fingerprint density at radius 1 is 0.842 bits per heavy atom. The number of hydrogen-bond acceptors (Lipinski definition) is 4. The summed E-state index contributed by atoms with van der Waals surface area (Å²) in [5.74, 6) is 1.39. The van der Waals surface area contributed by atoms with Crippen LogP contribution in [-0.4, -0.2) is 7.11 Å². The molecule has 0 aliphatic rings. The molecule has 2 aromatic rings. The SMILES string of the molecule is COc1ccc(OP(=O)(Cl)Oc2ccccc2)cc1. The first kappa shape index (κ1) is 13.8. The average Bonchev–Trinajstić information content (AvgIpc) is 2.39. The highest BCUT2D eigenvalue weighted by molar-refractivity contribution is 7.82. The smallest absolute Gasteiger partial charge is 0.497 e. The van der Waals surface area contributed by atoms with Crippen LogP contribution in [0.2, 0.25) is 0 Å². The Morgan fingerprint density at radius 3 is 1.84 bits per heavy atom. The highest BCUT2D eigenvalue weighted by Gasteiger charge is 2.24. The van der Waals surface area contributed by atoms with Crippen molar-refractivity contribution in [1.29, 1.82) is 0 Å². The van der Waals surface area contributed by atoms with Crippen molar-refractivity contribution in [2.45, 2.75) is 0 Å². The van der Waals surface area contributed by atoms with Crippen LogP contribution in [0, 0.1) is 0 Å². The van der Waals surface area contributed by atoms with Gasteiger partial charge in [-0.2, -0.15) is 0 Å². The van der Waals surface area contributed by atoms with Crippen LogP contribution in [0.4, 0.5) is 0 Å². The maximum absolute atomic E-state index is 12.0. The highest BCUT2D eigenvalue weighted by Crippen LogP contribution is 2.53. The molecule has 0 fully saturated rings. The van der Waals surface area contributed by atoms with E-state index in [-0.39, 0.29) is 0 Å². The molecule has 19 heavy (non-hydrogen) atoms. The summed E-state index contributed by atoms with van der Waals surface area (Å²) in [6.45, 7) is -3.73. The Morgan fingerprint density at radius 2 is 1.32 bits per heavy atom. The Balaban J connectivity index is 2.06. The minimum Gasteiger partial charge on any atom is -0.497 e. The number of hydrogen-bond donors (Lipinski definition) is 0. The molecular weight excluding hydrogens is 287 g/mol. The van der Waals surface area contributed by atoms with Crippen LogP contribution in [0.3, 0.4) is 0 Å². The molecule has 0 aromatic heterocycles. The number of benzene rings is 2. The van der Waals surface area contributed by atoms with Crippen LogP contribution in [0.25, 0.3) is 0 Å². The van der Waals surface area contributed by atoms with Crippen molar-refractivity contribution in [3.05, 3.63) is 54.6 Å². The van der Waals surface area contributed by atoms with Gasteiger partial charge >= 0.3 is 6.95 Å². The van der Waals surface area contributed by atoms with Gasteiger partial charge in [-0.15, -0.1) is 0 Å². The summed E-state index contributed by atoms with van der Waals surface area (Å²) < 4.78 is 27.3. The summed E-state index contributed by atoms with van der Waals surface area (Å²) in [5.41, 5.74) is 0. The molecule has 0 amide bonds. The molecule has 0 bridgehead atoms. The Hall–Kier alpha value is -1.64. The van der Waals surface area contributed by atoms with Crippen molar-refractivity contribution in [1.82, 2.24) is 0 Å². The first-order valence-electron chi connectivity index (χ1n) is 5.47. The van der Waals surface area contributed by atoms with Gasteiger partial charge in [0.2, 0.25) is 0 Å². The van der Waals surface area contributed by atoms with E-state index in [2.05, 4.69) is 0 Å². The number of methoxy groups -OCH3 is 1. The van der Waals surface area contributed by atoms with Crippen LogP contribution in [0.1, 0.15) is 0 Å². The molecule has 0 saturated carbocycles. The topological polar surface area (TPSA) is 44.8 Å². The van der Waals surface area contributed by atoms with Gasteiger partial charge in [-0.05, 0) is 36.4 Å². The lowest BCUT2D eigenvalue weighted by Crippen LogP contribution is -1.95. The van der Waals surface area contributed by atoms with Gasteiger partial charge in [0, 0.05) is 11.2 Å². The van der Waals surface area contributed by atoms with Gasteiger partial charge in [0.25, 0.3) is 0 Å². The zero-order chi connectivity index (χ0) is 13.7. The summed E-state index contributed by atoms with van der Waals surface area (Å²) in [4.78, 5) is 0. The van der Waals surface area contributed by atoms with E-state index < -0.39 is 6.95 Å². The van der Waals surface area contributed by atoms with Gasteiger partial charge in [-0.1, -0.05) is 18.2 Å². The number of para-hydroxylation sites is 1. The second-order valence-corrected chi connectivity index (χ2v) is 6.07. The second-order valence-electron chi connectivity index (χ2n) is 3.60. The second kappa shape index (κ2) is 6.00. The van der Waals surface area contributed by atoms with Crippen LogP contribution >= 0.6 is 18.2 Å². The minimum atomic E-state index is -3.73. The molecule has 0 aliphatic heterocycles. The van der Waals surface area contributed by atoms with E-state index >= 15 is 0 Å². The van der Waals surface area contributed by atoms with Crippen molar-refractivity contribution in [3.63, 3.8) is 0 Å². The summed E-state index contributed by atoms with van der Waals surface area (Å²) in [6, 6.07) is 15.2. The maximum Gasteiger partial charge on any atom is 0.530 e. The van der Waals surface area contributed by atoms with Crippen molar-refractivity contribution in [2.75, 3.05) is 7.11 Å². The quantitative estimate of drug-likeness (QED) is 0.762. The first-order valence-corrected chi connectivity index (χ1v) is 7.92. The maximum atomic E-state index is 12.0. The van der Waals surface area contributed by atoms with Gasteiger partial charge in [-0.3, -0.25) is 0 Å². The predicted molar refractivity (Wildman–Crippen MR) is 74.2 cm³/mol. The molecule has 0 N–H and O–H groups in total. The van der Waals surface area contributed by atoms with Crippen LogP contribution in [0.15, 0.2) is 54.6 Å². The summed E-state index contributed by atoms with van der Waals surface area (Å²) >= 11 is 5.76. The zero-order valence-electron chi connectivity index (χ0n) is 10.2. The lowest BCUT2D eigenvalue weighted by molar-refractivity contribution is 0.402. The molecule has 1 unspecified atom stereocenters. The molecule has 0 spiro atoms. The average molecular weight is 299 g/mol. The van der Waals surface area contributed by atoms with E-state index in [1.54, 1.807) is 55.6 Å². The molecule has 4 nitrogen and oxygen atoms in total. The molecule has 0 aliphatic carbocycles. The van der Waals surface area contributed by atoms with E-state index in [1.165, 1.54) is 0 Å². The number of ether oxygens (including phenoxy) is 1. The monoisotopic (exact) mass is 298 g/mol. The van der Waals surface area contributed by atoms with Crippen LogP contribution in [-0.2, 0) is 4.57 Å². The Bertz CT molecular complexity index is 571. The van der Waals surface area contributed by atoms with Crippen molar-refractivity contribution in [2.24, 2.45) is 0 Å². The fraction of sp³-hybridized carbons (Fsp3) is 0.0769. The van der Waals surface area contributed by atoms with Gasteiger partial charge in [-0.25, -0.2) is 4.57 Å². The van der Waals surface area contributed by atoms with Gasteiger partial charge in [0.05, 0.1) is 7.11 Å². The van der Waals surface area contributed by atoms with Gasteiger partial charge in [0.1, 0.15) is 17.2 Å². The van der Waals surface area contributed by atoms with Gasteiger partial charge in [0.15, 0.2) is 0 Å². The summed E-state index contributed by atoms with van der Waals surface area (Å²) in [5, 5.41) is 0. The van der Waals surface area contributed by atoms with E-state index in [1.807, 2.05) is 6.07 Å². The van der Waals surface area contributed by atoms with E-state index in [9.17, 15) is 4.57 Å². The lowest BCUT2D eigenvalue weighted by atomic mass is 10.3. The van der Waals surface area contributed by atoms with Crippen molar-refractivity contribution >= 4 is 18.2 Å². The Labute approximate surface area is 116 Å². The summed E-state index contributed by atoms with van der Waals surface area (Å²) in [7, 11) is 1.56. The molecule has 6 heteroatoms. The van der Waals surface area contributed by atoms with E-state index in [0.29, 0.717) is 17.2 Å². The van der Waals surface area contributed by atoms with Crippen molar-refractivity contribution in [3.8, 4) is 17.2 Å². The molecule has 100 valence electrons. The van der Waals surface area contributed by atoms with E-state index in [0.717, 1.165) is 0 Å². The Kier molecular flexibility index (Phi) is 4.35. The third-order valence-electron chi connectivity index (χ3n) is 2.23. The highest BCUT2D eigenvalue weighted by atomic mass is 35.7.